The van der Waals surface area contributed by atoms with Crippen LogP contribution in [0.4, 0.5) is 0 Å². The van der Waals surface area contributed by atoms with Gasteiger partial charge in [-0.25, -0.2) is 0 Å². The summed E-state index contributed by atoms with van der Waals surface area (Å²) in [4.78, 5) is 14.3. The number of aryl methyl sites for hydroxylation is 1. The normalized spacial score (nSPS) is 18.2. The molecule has 0 fully saturated rings. The van der Waals surface area contributed by atoms with Gasteiger partial charge in [-0.2, -0.15) is 0 Å². The fourth-order valence-corrected chi connectivity index (χ4v) is 2.43. The van der Waals surface area contributed by atoms with Gasteiger partial charge in [-0.15, -0.1) is 0 Å². The smallest absolute Gasteiger partial charge is 0.292 e. The quantitative estimate of drug-likeness (QED) is 0.750. The zero-order chi connectivity index (χ0) is 14.4. The van der Waals surface area contributed by atoms with Crippen LogP contribution in [0, 0.1) is 12.8 Å². The van der Waals surface area contributed by atoms with Gasteiger partial charge >= 0.3 is 0 Å². The van der Waals surface area contributed by atoms with Crippen LogP contribution in [0.25, 0.3) is 0 Å². The van der Waals surface area contributed by atoms with Crippen molar-refractivity contribution in [3.63, 3.8) is 0 Å². The van der Waals surface area contributed by atoms with Gasteiger partial charge in [-0.05, 0) is 32.1 Å². The summed E-state index contributed by atoms with van der Waals surface area (Å²) >= 11 is 0. The molecule has 1 unspecified atom stereocenters. The minimum atomic E-state index is -0.0998. The van der Waals surface area contributed by atoms with Gasteiger partial charge in [-0.1, -0.05) is 17.3 Å². The van der Waals surface area contributed by atoms with Crippen LogP contribution < -0.4 is 0 Å². The molecule has 1 aliphatic rings. The minimum absolute atomic E-state index is 0.0998. The average Bonchev–Trinajstić information content (AvgIpc) is 2.90. The second-order valence-electron chi connectivity index (χ2n) is 5.23. The van der Waals surface area contributed by atoms with Crippen molar-refractivity contribution >= 4 is 5.91 Å². The highest BCUT2D eigenvalue weighted by Gasteiger charge is 2.23. The Morgan fingerprint density at radius 3 is 3.00 bits per heavy atom. The number of allylic oxidation sites excluding steroid dienone is 2. The highest BCUT2D eigenvalue weighted by molar-refractivity contribution is 5.91. The lowest BCUT2D eigenvalue weighted by molar-refractivity contribution is 0.0618. The molecule has 0 bridgehead atoms. The van der Waals surface area contributed by atoms with E-state index in [0.29, 0.717) is 24.8 Å². The summed E-state index contributed by atoms with van der Waals surface area (Å²) in [5, 5.41) is 3.78. The SMILES string of the molecule is COCCN(CC1CC=CCC1)C(=O)c1cc(C)no1. The molecule has 0 spiro atoms. The first-order valence-electron chi connectivity index (χ1n) is 7.07. The van der Waals surface area contributed by atoms with Crippen molar-refractivity contribution in [1.29, 1.82) is 0 Å². The van der Waals surface area contributed by atoms with Crippen molar-refractivity contribution in [2.45, 2.75) is 26.2 Å². The molecule has 20 heavy (non-hydrogen) atoms. The molecule has 0 saturated carbocycles. The van der Waals surface area contributed by atoms with Crippen LogP contribution in [0.5, 0.6) is 0 Å². The van der Waals surface area contributed by atoms with Gasteiger partial charge in [0.1, 0.15) is 0 Å². The third kappa shape index (κ3) is 3.93. The Hall–Kier alpha value is -1.62. The molecule has 1 aromatic rings. The molecular weight excluding hydrogens is 256 g/mol. The van der Waals surface area contributed by atoms with Crippen molar-refractivity contribution in [3.8, 4) is 0 Å². The van der Waals surface area contributed by atoms with Crippen molar-refractivity contribution in [3.05, 3.63) is 29.7 Å². The molecule has 1 aromatic heterocycles. The predicted octanol–water partition coefficient (Wildman–Crippen LogP) is 2.43. The Labute approximate surface area is 119 Å². The molecule has 1 aliphatic carbocycles. The Bertz CT molecular complexity index is 467. The maximum absolute atomic E-state index is 12.5. The summed E-state index contributed by atoms with van der Waals surface area (Å²) in [6.07, 6.45) is 7.66. The number of nitrogens with zero attached hydrogens (tertiary/aromatic N) is 2. The number of methoxy groups -OCH3 is 1. The molecule has 0 N–H and O–H groups in total. The lowest BCUT2D eigenvalue weighted by Gasteiger charge is -2.27. The summed E-state index contributed by atoms with van der Waals surface area (Å²) in [6, 6.07) is 1.68. The highest BCUT2D eigenvalue weighted by atomic mass is 16.5. The first-order chi connectivity index (χ1) is 9.70. The maximum Gasteiger partial charge on any atom is 0.292 e. The number of aromatic nitrogens is 1. The van der Waals surface area contributed by atoms with E-state index >= 15 is 0 Å². The molecule has 1 heterocycles. The van der Waals surface area contributed by atoms with E-state index < -0.39 is 0 Å². The van der Waals surface area contributed by atoms with Gasteiger partial charge in [0.15, 0.2) is 0 Å². The molecule has 0 aliphatic heterocycles. The largest absolute Gasteiger partial charge is 0.383 e. The standard InChI is InChI=1S/C15H22N2O3/c1-12-10-14(20-16-12)15(18)17(8-9-19-2)11-13-6-4-3-5-7-13/h3-4,10,13H,5-9,11H2,1-2H3. The zero-order valence-corrected chi connectivity index (χ0v) is 12.2. The van der Waals surface area contributed by atoms with E-state index in [1.807, 2.05) is 11.8 Å². The van der Waals surface area contributed by atoms with E-state index in [4.69, 9.17) is 9.26 Å². The second-order valence-corrected chi connectivity index (χ2v) is 5.23. The lowest BCUT2D eigenvalue weighted by atomic mass is 9.94. The number of rotatable bonds is 6. The van der Waals surface area contributed by atoms with E-state index in [2.05, 4.69) is 17.3 Å². The Kier molecular flexibility index (Phi) is 5.35. The van der Waals surface area contributed by atoms with Gasteiger partial charge in [0.2, 0.25) is 5.76 Å². The topological polar surface area (TPSA) is 55.6 Å². The van der Waals surface area contributed by atoms with Crippen LogP contribution in [0.2, 0.25) is 0 Å². The summed E-state index contributed by atoms with van der Waals surface area (Å²) in [7, 11) is 1.64. The molecule has 5 heteroatoms. The molecule has 1 amide bonds. The van der Waals surface area contributed by atoms with E-state index in [0.717, 1.165) is 31.5 Å². The number of carbonyl (C=O) groups excluding carboxylic acids is 1. The lowest BCUT2D eigenvalue weighted by Crippen LogP contribution is -2.37. The monoisotopic (exact) mass is 278 g/mol. The summed E-state index contributed by atoms with van der Waals surface area (Å²) in [5.41, 5.74) is 0.723. The van der Waals surface area contributed by atoms with Crippen molar-refractivity contribution < 1.29 is 14.1 Å². The summed E-state index contributed by atoms with van der Waals surface area (Å²) in [6.45, 7) is 3.66. The fourth-order valence-electron chi connectivity index (χ4n) is 2.43. The second kappa shape index (κ2) is 7.24. The number of ether oxygens (including phenoxy) is 1. The number of amides is 1. The van der Waals surface area contributed by atoms with Gasteiger partial charge in [-0.3, -0.25) is 4.79 Å². The van der Waals surface area contributed by atoms with E-state index in [1.54, 1.807) is 13.2 Å². The molecule has 2 rings (SSSR count). The number of hydrogen-bond donors (Lipinski definition) is 0. The number of carbonyl (C=O) groups is 1. The third-order valence-electron chi connectivity index (χ3n) is 3.55. The van der Waals surface area contributed by atoms with Gasteiger partial charge < -0.3 is 14.2 Å². The van der Waals surface area contributed by atoms with Crippen LogP contribution in [0.1, 0.15) is 35.5 Å². The fraction of sp³-hybridized carbons (Fsp3) is 0.600. The van der Waals surface area contributed by atoms with Crippen molar-refractivity contribution in [2.75, 3.05) is 26.8 Å². The Balaban J connectivity index is 2.01. The van der Waals surface area contributed by atoms with Crippen molar-refractivity contribution in [2.24, 2.45) is 5.92 Å². The minimum Gasteiger partial charge on any atom is -0.383 e. The molecule has 5 nitrogen and oxygen atoms in total. The van der Waals surface area contributed by atoms with E-state index in [9.17, 15) is 4.79 Å². The molecule has 0 saturated heterocycles. The Morgan fingerprint density at radius 2 is 2.40 bits per heavy atom. The molecule has 110 valence electrons. The van der Waals surface area contributed by atoms with E-state index in [1.165, 1.54) is 0 Å². The van der Waals surface area contributed by atoms with Crippen LogP contribution >= 0.6 is 0 Å². The molecular formula is C15H22N2O3. The van der Waals surface area contributed by atoms with Crippen LogP contribution in [0.15, 0.2) is 22.7 Å². The zero-order valence-electron chi connectivity index (χ0n) is 12.2. The van der Waals surface area contributed by atoms with Crippen LogP contribution in [-0.4, -0.2) is 42.8 Å². The first-order valence-corrected chi connectivity index (χ1v) is 7.07. The van der Waals surface area contributed by atoms with Crippen LogP contribution in [-0.2, 0) is 4.74 Å². The molecule has 0 radical (unpaired) electrons. The summed E-state index contributed by atoms with van der Waals surface area (Å²) < 4.78 is 10.2. The molecule has 1 atom stereocenters. The van der Waals surface area contributed by atoms with Crippen LogP contribution in [0.3, 0.4) is 0 Å². The predicted molar refractivity (Wildman–Crippen MR) is 75.5 cm³/mol. The average molecular weight is 278 g/mol. The Morgan fingerprint density at radius 1 is 1.55 bits per heavy atom. The first kappa shape index (κ1) is 14.8. The van der Waals surface area contributed by atoms with Gasteiger partial charge in [0, 0.05) is 26.3 Å². The third-order valence-corrected chi connectivity index (χ3v) is 3.55. The maximum atomic E-state index is 12.5. The van der Waals surface area contributed by atoms with Gasteiger partial charge in [0.05, 0.1) is 12.3 Å². The highest BCUT2D eigenvalue weighted by Crippen LogP contribution is 2.20. The van der Waals surface area contributed by atoms with Gasteiger partial charge in [0.25, 0.3) is 5.91 Å². The molecule has 0 aromatic carbocycles. The number of hydrogen-bond acceptors (Lipinski definition) is 4. The van der Waals surface area contributed by atoms with Crippen molar-refractivity contribution in [1.82, 2.24) is 10.1 Å². The van der Waals surface area contributed by atoms with E-state index in [-0.39, 0.29) is 5.91 Å². The summed E-state index contributed by atoms with van der Waals surface area (Å²) in [5.74, 6) is 0.729.